The van der Waals surface area contributed by atoms with E-state index in [1.54, 1.807) is 0 Å². The van der Waals surface area contributed by atoms with E-state index < -0.39 is 65.4 Å². The smallest absolute Gasteiger partial charge is 0.474 e. The fourth-order valence-corrected chi connectivity index (χ4v) is 35.8. The molecule has 0 aliphatic heterocycles. The third-order valence-electron chi connectivity index (χ3n) is 3.90. The van der Waals surface area contributed by atoms with Gasteiger partial charge in [-0.3, -0.25) is 0 Å². The minimum Gasteiger partial charge on any atom is -0.478 e. The quantitative estimate of drug-likeness (QED) is 0.152. The average Bonchev–Trinajstić information content (AvgIpc) is 2.42. The molecule has 208 valence electrons. The van der Waals surface area contributed by atoms with Crippen molar-refractivity contribution in [3.8, 4) is 0 Å². The zero-order chi connectivity index (χ0) is 28.3. The van der Waals surface area contributed by atoms with Crippen LogP contribution in [0.15, 0.2) is 12.2 Å². The van der Waals surface area contributed by atoms with Crippen molar-refractivity contribution in [1.82, 2.24) is 0 Å². The summed E-state index contributed by atoms with van der Waals surface area (Å²) in [6.07, 6.45) is 0.188. The van der Waals surface area contributed by atoms with E-state index in [4.69, 9.17) is 24.7 Å². The minimum absolute atomic E-state index is 0.0967. The van der Waals surface area contributed by atoms with Gasteiger partial charge < -0.3 is 29.8 Å². The van der Waals surface area contributed by atoms with Gasteiger partial charge in [0.05, 0.1) is 0 Å². The molecule has 0 unspecified atom stereocenters. The average molecular weight is 617 g/mol. The monoisotopic (exact) mass is 616 g/mol. The second-order valence-electron chi connectivity index (χ2n) is 13.2. The predicted molar refractivity (Wildman–Crippen MR) is 161 cm³/mol. The maximum absolute atomic E-state index is 11.6. The third-order valence-corrected chi connectivity index (χ3v) is 27.6. The number of carboxylic acids is 1. The highest BCUT2D eigenvalue weighted by Crippen LogP contribution is 2.34. The lowest BCUT2D eigenvalue weighted by Crippen LogP contribution is -2.66. The van der Waals surface area contributed by atoms with Crippen molar-refractivity contribution in [3.05, 3.63) is 12.2 Å². The molecule has 0 spiro atoms. The first-order valence-corrected chi connectivity index (χ1v) is 32.8. The summed E-state index contributed by atoms with van der Waals surface area (Å²) < 4.78 is 40.2. The summed E-state index contributed by atoms with van der Waals surface area (Å²) in [7, 11) is -17.6. The number of carboxylic acid groups (broad SMARTS) is 1. The lowest BCUT2D eigenvalue weighted by molar-refractivity contribution is -0.132. The van der Waals surface area contributed by atoms with Crippen LogP contribution in [0.4, 0.5) is 0 Å². The molecule has 0 rings (SSSR count). The van der Waals surface area contributed by atoms with Gasteiger partial charge in [-0.2, -0.15) is 0 Å². The Balaban J connectivity index is 6.65. The van der Waals surface area contributed by atoms with Crippen LogP contribution in [0.5, 0.6) is 0 Å². The maximum atomic E-state index is 11.6. The Bertz CT molecular complexity index is 663. The van der Waals surface area contributed by atoms with E-state index in [9.17, 15) is 9.90 Å². The SMILES string of the molecule is C=C(CC[Si](O[Si](C)(C)O[Si](C)(C)C)(O[Si](C)(C)O[Si](C)(C)C)O[Si](C)(C)O[Si](C)(C)C)C(=O)O. The van der Waals surface area contributed by atoms with Crippen LogP contribution in [0.1, 0.15) is 6.42 Å². The summed E-state index contributed by atoms with van der Waals surface area (Å²) in [6.45, 7) is 34.9. The largest absolute Gasteiger partial charge is 0.478 e. The van der Waals surface area contributed by atoms with Crippen molar-refractivity contribution < 1.29 is 34.6 Å². The van der Waals surface area contributed by atoms with E-state index in [0.717, 1.165) is 0 Å². The molecule has 0 aromatic rings. The van der Waals surface area contributed by atoms with Gasteiger partial charge in [0.1, 0.15) is 0 Å². The molecule has 1 N–H and O–H groups in total. The van der Waals surface area contributed by atoms with Gasteiger partial charge in [-0.25, -0.2) is 4.79 Å². The fraction of sp³-hybridized carbons (Fsp3) is 0.850. The molecule has 0 amide bonds. The molecule has 0 aliphatic carbocycles. The molecule has 0 atom stereocenters. The molecule has 0 bridgehead atoms. The van der Waals surface area contributed by atoms with Gasteiger partial charge in [-0.15, -0.1) is 0 Å². The molecule has 8 nitrogen and oxygen atoms in total. The van der Waals surface area contributed by atoms with Crippen LogP contribution in [0.2, 0.25) is 104 Å². The summed E-state index contributed by atoms with van der Waals surface area (Å²) in [4.78, 5) is 11.6. The number of hydrogen-bond acceptors (Lipinski definition) is 7. The molecule has 0 saturated carbocycles. The molecule has 0 aromatic carbocycles. The van der Waals surface area contributed by atoms with Crippen LogP contribution in [-0.4, -0.2) is 70.5 Å². The second-order valence-corrected chi connectivity index (χ2v) is 41.1. The molecule has 0 saturated heterocycles. The molecular formula is C20H52O8Si7. The van der Waals surface area contributed by atoms with Gasteiger partial charge in [0.25, 0.3) is 0 Å². The van der Waals surface area contributed by atoms with Crippen LogP contribution in [0, 0.1) is 0 Å². The van der Waals surface area contributed by atoms with Gasteiger partial charge in [-0.1, -0.05) is 6.58 Å². The summed E-state index contributed by atoms with van der Waals surface area (Å²) in [6, 6.07) is 0.278. The molecule has 0 radical (unpaired) electrons. The van der Waals surface area contributed by atoms with Crippen molar-refractivity contribution in [2.24, 2.45) is 0 Å². The Morgan fingerprint density at radius 3 is 1.03 bits per heavy atom. The lowest BCUT2D eigenvalue weighted by atomic mass is 10.2. The molecule has 0 heterocycles. The Morgan fingerprint density at radius 1 is 0.571 bits per heavy atom. The van der Waals surface area contributed by atoms with E-state index in [-0.39, 0.29) is 18.0 Å². The van der Waals surface area contributed by atoms with Gasteiger partial charge >= 0.3 is 40.5 Å². The van der Waals surface area contributed by atoms with Gasteiger partial charge in [0.15, 0.2) is 25.0 Å². The Hall–Kier alpha value is 0.488. The maximum Gasteiger partial charge on any atom is 0.474 e. The van der Waals surface area contributed by atoms with Gasteiger partial charge in [-0.05, 0) is 105 Å². The minimum atomic E-state index is -3.56. The standard InChI is InChI=1S/C20H52O8Si7/c1-19(20(21)22)17-18-35(26-32(11,12)23-29(2,3)4,27-33(13,14)24-30(5,6)7)28-34(15,16)25-31(8,9)10/h1,17-18H2,2-16H3,(H,21,22). The fourth-order valence-electron chi connectivity index (χ4n) is 4.02. The van der Waals surface area contributed by atoms with Crippen molar-refractivity contribution in [2.45, 2.75) is 111 Å². The normalized spacial score (nSPS) is 14.8. The van der Waals surface area contributed by atoms with Gasteiger partial charge in [0.2, 0.25) is 0 Å². The summed E-state index contributed by atoms with van der Waals surface area (Å²) in [5, 5.41) is 9.50. The van der Waals surface area contributed by atoms with Crippen LogP contribution in [-0.2, 0) is 29.5 Å². The van der Waals surface area contributed by atoms with Crippen LogP contribution < -0.4 is 0 Å². The van der Waals surface area contributed by atoms with Gasteiger partial charge in [0, 0.05) is 11.6 Å². The molecule has 15 heteroatoms. The van der Waals surface area contributed by atoms with Crippen molar-refractivity contribution >= 4 is 65.4 Å². The van der Waals surface area contributed by atoms with Crippen LogP contribution >= 0.6 is 0 Å². The van der Waals surface area contributed by atoms with Crippen LogP contribution in [0.25, 0.3) is 0 Å². The summed E-state index contributed by atoms with van der Waals surface area (Å²) in [5.41, 5.74) is 0.0967. The Kier molecular flexibility index (Phi) is 12.3. The van der Waals surface area contributed by atoms with Crippen LogP contribution in [0.3, 0.4) is 0 Å². The lowest BCUT2D eigenvalue weighted by Gasteiger charge is -2.46. The molecular weight excluding hydrogens is 565 g/mol. The van der Waals surface area contributed by atoms with E-state index in [0.29, 0.717) is 0 Å². The predicted octanol–water partition coefficient (Wildman–Crippen LogP) is 6.67. The van der Waals surface area contributed by atoms with E-state index in [1.807, 2.05) is 39.3 Å². The third kappa shape index (κ3) is 16.8. The Morgan fingerprint density at radius 2 is 0.829 bits per heavy atom. The summed E-state index contributed by atoms with van der Waals surface area (Å²) >= 11 is 0. The van der Waals surface area contributed by atoms with Crippen molar-refractivity contribution in [2.75, 3.05) is 0 Å². The van der Waals surface area contributed by atoms with E-state index in [1.165, 1.54) is 0 Å². The first-order valence-electron chi connectivity index (χ1n) is 12.2. The highest BCUT2D eigenvalue weighted by atomic mass is 28.5. The molecule has 0 aromatic heterocycles. The highest BCUT2D eigenvalue weighted by Gasteiger charge is 2.56. The molecule has 35 heavy (non-hydrogen) atoms. The topological polar surface area (TPSA) is 92.7 Å². The Labute approximate surface area is 222 Å². The molecule has 0 aliphatic rings. The molecule has 0 fully saturated rings. The number of hydrogen-bond donors (Lipinski definition) is 1. The van der Waals surface area contributed by atoms with Crippen molar-refractivity contribution in [1.29, 1.82) is 0 Å². The number of carbonyl (C=O) groups is 1. The summed E-state index contributed by atoms with van der Waals surface area (Å²) in [5.74, 6) is -1.03. The zero-order valence-electron chi connectivity index (χ0n) is 24.9. The van der Waals surface area contributed by atoms with E-state index >= 15 is 0 Å². The van der Waals surface area contributed by atoms with Crippen molar-refractivity contribution in [3.63, 3.8) is 0 Å². The first kappa shape index (κ1) is 35.5. The van der Waals surface area contributed by atoms with E-state index in [2.05, 4.69) is 65.5 Å². The first-order chi connectivity index (χ1) is 15.1. The zero-order valence-corrected chi connectivity index (χ0v) is 31.9. The highest BCUT2D eigenvalue weighted by molar-refractivity contribution is 6.92. The number of aliphatic carboxylic acids is 1. The second kappa shape index (κ2) is 12.1. The number of rotatable bonds is 16.